The van der Waals surface area contributed by atoms with Crippen LogP contribution in [-0.4, -0.2) is 23.0 Å². The SMILES string of the molecule is CC(C)NCc1ccc(Br)cc1SC(C)CO. The molecule has 1 rings (SSSR count). The summed E-state index contributed by atoms with van der Waals surface area (Å²) in [7, 11) is 0. The third kappa shape index (κ3) is 5.42. The van der Waals surface area contributed by atoms with E-state index in [1.54, 1.807) is 11.8 Å². The zero-order valence-electron chi connectivity index (χ0n) is 10.5. The van der Waals surface area contributed by atoms with Crippen molar-refractivity contribution in [1.29, 1.82) is 0 Å². The van der Waals surface area contributed by atoms with Crippen LogP contribution in [0.3, 0.4) is 0 Å². The second kappa shape index (κ2) is 7.41. The minimum atomic E-state index is 0.203. The topological polar surface area (TPSA) is 32.3 Å². The molecule has 0 bridgehead atoms. The fourth-order valence-corrected chi connectivity index (χ4v) is 2.86. The first kappa shape index (κ1) is 15.0. The summed E-state index contributed by atoms with van der Waals surface area (Å²) in [6.45, 7) is 7.38. The lowest BCUT2D eigenvalue weighted by Gasteiger charge is -2.15. The molecule has 0 aliphatic rings. The highest BCUT2D eigenvalue weighted by Crippen LogP contribution is 2.29. The van der Waals surface area contributed by atoms with Gasteiger partial charge in [0, 0.05) is 27.2 Å². The van der Waals surface area contributed by atoms with E-state index in [2.05, 4.69) is 53.3 Å². The molecule has 2 N–H and O–H groups in total. The Morgan fingerprint density at radius 2 is 2.06 bits per heavy atom. The molecule has 0 fully saturated rings. The molecule has 0 aliphatic heterocycles. The van der Waals surface area contributed by atoms with Crippen LogP contribution in [0.25, 0.3) is 0 Å². The summed E-state index contributed by atoms with van der Waals surface area (Å²) in [5.74, 6) is 0. The van der Waals surface area contributed by atoms with Crippen LogP contribution in [-0.2, 0) is 6.54 Å². The second-order valence-electron chi connectivity index (χ2n) is 4.40. The van der Waals surface area contributed by atoms with E-state index in [9.17, 15) is 0 Å². The van der Waals surface area contributed by atoms with Gasteiger partial charge >= 0.3 is 0 Å². The molecule has 1 aromatic rings. The summed E-state index contributed by atoms with van der Waals surface area (Å²) in [6.07, 6.45) is 0. The number of aliphatic hydroxyl groups excluding tert-OH is 1. The Bertz CT molecular complexity index is 357. The molecule has 0 saturated heterocycles. The van der Waals surface area contributed by atoms with Crippen molar-refractivity contribution in [2.75, 3.05) is 6.61 Å². The van der Waals surface area contributed by atoms with E-state index in [-0.39, 0.29) is 11.9 Å². The van der Waals surface area contributed by atoms with Gasteiger partial charge in [0.1, 0.15) is 0 Å². The third-order valence-corrected chi connectivity index (χ3v) is 3.99. The van der Waals surface area contributed by atoms with E-state index in [1.807, 2.05) is 6.92 Å². The summed E-state index contributed by atoms with van der Waals surface area (Å²) >= 11 is 5.21. The molecule has 4 heteroatoms. The monoisotopic (exact) mass is 317 g/mol. The quantitative estimate of drug-likeness (QED) is 0.788. The minimum Gasteiger partial charge on any atom is -0.395 e. The van der Waals surface area contributed by atoms with E-state index in [1.165, 1.54) is 10.5 Å². The summed E-state index contributed by atoms with van der Waals surface area (Å²) in [5.41, 5.74) is 1.28. The van der Waals surface area contributed by atoms with Crippen molar-refractivity contribution in [1.82, 2.24) is 5.32 Å². The fourth-order valence-electron chi connectivity index (χ4n) is 1.35. The van der Waals surface area contributed by atoms with E-state index < -0.39 is 0 Å². The minimum absolute atomic E-state index is 0.203. The number of nitrogens with one attached hydrogen (secondary N) is 1. The lowest BCUT2D eigenvalue weighted by Crippen LogP contribution is -2.22. The first-order valence-electron chi connectivity index (χ1n) is 5.82. The number of thioether (sulfide) groups is 1. The van der Waals surface area contributed by atoms with Crippen molar-refractivity contribution in [2.45, 2.75) is 43.5 Å². The van der Waals surface area contributed by atoms with Crippen LogP contribution in [0.5, 0.6) is 0 Å². The number of benzene rings is 1. The number of aliphatic hydroxyl groups is 1. The van der Waals surface area contributed by atoms with Crippen molar-refractivity contribution >= 4 is 27.7 Å². The molecular weight excluding hydrogens is 298 g/mol. The molecule has 0 aliphatic carbocycles. The smallest absolute Gasteiger partial charge is 0.0550 e. The largest absolute Gasteiger partial charge is 0.395 e. The number of halogens is 1. The van der Waals surface area contributed by atoms with Crippen molar-refractivity contribution in [3.63, 3.8) is 0 Å². The molecule has 17 heavy (non-hydrogen) atoms. The summed E-state index contributed by atoms with van der Waals surface area (Å²) in [5, 5.41) is 12.8. The third-order valence-electron chi connectivity index (χ3n) is 2.32. The molecule has 0 radical (unpaired) electrons. The van der Waals surface area contributed by atoms with E-state index in [4.69, 9.17) is 5.11 Å². The van der Waals surface area contributed by atoms with Crippen molar-refractivity contribution in [3.8, 4) is 0 Å². The van der Waals surface area contributed by atoms with Crippen LogP contribution in [0.2, 0.25) is 0 Å². The van der Waals surface area contributed by atoms with Gasteiger partial charge in [0.15, 0.2) is 0 Å². The normalized spacial score (nSPS) is 13.1. The van der Waals surface area contributed by atoms with Gasteiger partial charge in [-0.2, -0.15) is 0 Å². The average molecular weight is 318 g/mol. The van der Waals surface area contributed by atoms with Crippen LogP contribution in [0, 0.1) is 0 Å². The first-order chi connectivity index (χ1) is 8.02. The van der Waals surface area contributed by atoms with E-state index in [0.717, 1.165) is 11.0 Å². The zero-order valence-corrected chi connectivity index (χ0v) is 12.9. The predicted octanol–water partition coefficient (Wildman–Crippen LogP) is 3.42. The first-order valence-corrected chi connectivity index (χ1v) is 7.49. The lowest BCUT2D eigenvalue weighted by molar-refractivity contribution is 0.300. The predicted molar refractivity (Wildman–Crippen MR) is 78.5 cm³/mol. The van der Waals surface area contributed by atoms with Crippen LogP contribution in [0.15, 0.2) is 27.6 Å². The molecular formula is C13H20BrNOS. The Morgan fingerprint density at radius 3 is 2.65 bits per heavy atom. The fraction of sp³-hybridized carbons (Fsp3) is 0.538. The number of hydrogen-bond acceptors (Lipinski definition) is 3. The number of hydrogen-bond donors (Lipinski definition) is 2. The summed E-state index contributed by atoms with van der Waals surface area (Å²) < 4.78 is 1.08. The van der Waals surface area contributed by atoms with Crippen LogP contribution < -0.4 is 5.32 Å². The standard InChI is InChI=1S/C13H20BrNOS/c1-9(2)15-7-11-4-5-12(14)6-13(11)17-10(3)8-16/h4-6,9-10,15-16H,7-8H2,1-3H3. The Labute approximate surface area is 116 Å². The number of rotatable bonds is 6. The molecule has 1 aromatic carbocycles. The molecule has 0 amide bonds. The van der Waals surface area contributed by atoms with Gasteiger partial charge in [0.25, 0.3) is 0 Å². The Kier molecular flexibility index (Phi) is 6.55. The molecule has 1 atom stereocenters. The molecule has 0 saturated carbocycles. The Hall–Kier alpha value is -0.0300. The highest BCUT2D eigenvalue weighted by Gasteiger charge is 2.08. The molecule has 0 spiro atoms. The molecule has 2 nitrogen and oxygen atoms in total. The summed E-state index contributed by atoms with van der Waals surface area (Å²) in [4.78, 5) is 1.23. The Balaban J connectivity index is 2.79. The second-order valence-corrected chi connectivity index (χ2v) is 6.79. The van der Waals surface area contributed by atoms with Crippen molar-refractivity contribution < 1.29 is 5.11 Å². The van der Waals surface area contributed by atoms with Gasteiger partial charge in [-0.1, -0.05) is 42.8 Å². The van der Waals surface area contributed by atoms with Crippen LogP contribution >= 0.6 is 27.7 Å². The highest BCUT2D eigenvalue weighted by atomic mass is 79.9. The lowest BCUT2D eigenvalue weighted by atomic mass is 10.2. The summed E-state index contributed by atoms with van der Waals surface area (Å²) in [6, 6.07) is 6.79. The van der Waals surface area contributed by atoms with Crippen molar-refractivity contribution in [3.05, 3.63) is 28.2 Å². The van der Waals surface area contributed by atoms with E-state index >= 15 is 0 Å². The van der Waals surface area contributed by atoms with Gasteiger partial charge in [-0.05, 0) is 17.7 Å². The van der Waals surface area contributed by atoms with Crippen LogP contribution in [0.1, 0.15) is 26.3 Å². The van der Waals surface area contributed by atoms with Gasteiger partial charge in [0.2, 0.25) is 0 Å². The molecule has 1 unspecified atom stereocenters. The molecule has 0 heterocycles. The molecule has 0 aromatic heterocycles. The maximum Gasteiger partial charge on any atom is 0.0550 e. The van der Waals surface area contributed by atoms with Gasteiger partial charge in [-0.15, -0.1) is 11.8 Å². The van der Waals surface area contributed by atoms with Gasteiger partial charge in [0.05, 0.1) is 6.61 Å². The Morgan fingerprint density at radius 1 is 1.35 bits per heavy atom. The van der Waals surface area contributed by atoms with Gasteiger partial charge in [-0.3, -0.25) is 0 Å². The zero-order chi connectivity index (χ0) is 12.8. The maximum atomic E-state index is 9.13. The van der Waals surface area contributed by atoms with Crippen molar-refractivity contribution in [2.24, 2.45) is 0 Å². The van der Waals surface area contributed by atoms with E-state index in [0.29, 0.717) is 6.04 Å². The van der Waals surface area contributed by atoms with Gasteiger partial charge < -0.3 is 10.4 Å². The van der Waals surface area contributed by atoms with Crippen LogP contribution in [0.4, 0.5) is 0 Å². The maximum absolute atomic E-state index is 9.13. The van der Waals surface area contributed by atoms with Gasteiger partial charge in [-0.25, -0.2) is 0 Å². The highest BCUT2D eigenvalue weighted by molar-refractivity contribution is 9.10. The molecule has 96 valence electrons. The average Bonchev–Trinajstić information content (AvgIpc) is 2.27.